The van der Waals surface area contributed by atoms with Crippen molar-refractivity contribution < 1.29 is 4.74 Å². The molecule has 1 aromatic heterocycles. The van der Waals surface area contributed by atoms with Gasteiger partial charge in [-0.15, -0.1) is 0 Å². The van der Waals surface area contributed by atoms with Crippen molar-refractivity contribution in [2.45, 2.75) is 26.9 Å². The fourth-order valence-corrected chi connectivity index (χ4v) is 2.17. The molecule has 0 saturated carbocycles. The molecule has 0 amide bonds. The molecule has 0 radical (unpaired) electrons. The van der Waals surface area contributed by atoms with E-state index in [-0.39, 0.29) is 0 Å². The lowest BCUT2D eigenvalue weighted by molar-refractivity contribution is 0.417. The Balaban J connectivity index is 1.94. The largest absolute Gasteiger partial charge is 0.495 e. The average Bonchev–Trinajstić information content (AvgIpc) is 2.86. The Morgan fingerprint density at radius 3 is 2.81 bits per heavy atom. The summed E-state index contributed by atoms with van der Waals surface area (Å²) in [6.07, 6.45) is 2.04. The number of nitrogens with one attached hydrogen (secondary N) is 2. The predicted octanol–water partition coefficient (Wildman–Crippen LogP) is 2.71. The number of ether oxygens (including phenoxy) is 1. The van der Waals surface area contributed by atoms with Crippen LogP contribution in [-0.2, 0) is 13.1 Å². The minimum atomic E-state index is 0.558. The molecule has 0 saturated heterocycles. The van der Waals surface area contributed by atoms with Gasteiger partial charge in [-0.3, -0.25) is 4.68 Å². The quantitative estimate of drug-likeness (QED) is 0.832. The van der Waals surface area contributed by atoms with E-state index >= 15 is 0 Å². The summed E-state index contributed by atoms with van der Waals surface area (Å²) in [5.41, 5.74) is 3.00. The maximum Gasteiger partial charge on any atom is 0.171 e. The Morgan fingerprint density at radius 1 is 1.38 bits per heavy atom. The number of anilines is 1. The van der Waals surface area contributed by atoms with Crippen LogP contribution in [0.15, 0.2) is 30.5 Å². The minimum Gasteiger partial charge on any atom is -0.495 e. The number of hydrogen-bond acceptors (Lipinski definition) is 3. The van der Waals surface area contributed by atoms with Crippen molar-refractivity contribution in [1.82, 2.24) is 15.1 Å². The summed E-state index contributed by atoms with van der Waals surface area (Å²) in [5, 5.41) is 11.3. The first kappa shape index (κ1) is 15.3. The molecular formula is C15H20N4OS. The molecule has 5 nitrogen and oxygen atoms in total. The van der Waals surface area contributed by atoms with Crippen LogP contribution < -0.4 is 15.4 Å². The number of benzene rings is 1. The van der Waals surface area contributed by atoms with Crippen LogP contribution in [0.4, 0.5) is 5.69 Å². The molecule has 0 aliphatic heterocycles. The van der Waals surface area contributed by atoms with Gasteiger partial charge in [0.25, 0.3) is 0 Å². The fraction of sp³-hybridized carbons (Fsp3) is 0.333. The van der Waals surface area contributed by atoms with E-state index in [1.165, 1.54) is 0 Å². The summed E-state index contributed by atoms with van der Waals surface area (Å²) in [5.74, 6) is 0.761. The third kappa shape index (κ3) is 3.95. The van der Waals surface area contributed by atoms with Crippen molar-refractivity contribution >= 4 is 23.0 Å². The highest BCUT2D eigenvalue weighted by Crippen LogP contribution is 2.22. The molecule has 0 spiro atoms. The van der Waals surface area contributed by atoms with Crippen molar-refractivity contribution in [3.8, 4) is 5.75 Å². The van der Waals surface area contributed by atoms with E-state index in [0.29, 0.717) is 11.7 Å². The molecule has 2 aromatic rings. The first-order valence-corrected chi connectivity index (χ1v) is 7.25. The van der Waals surface area contributed by atoms with Crippen molar-refractivity contribution in [1.29, 1.82) is 0 Å². The van der Waals surface area contributed by atoms with Crippen LogP contribution in [0.3, 0.4) is 0 Å². The first-order chi connectivity index (χ1) is 10.1. The number of thiocarbonyl (C=S) groups is 1. The Kier molecular flexibility index (Phi) is 5.16. The summed E-state index contributed by atoms with van der Waals surface area (Å²) < 4.78 is 7.20. The van der Waals surface area contributed by atoms with Crippen LogP contribution >= 0.6 is 12.2 Å². The Labute approximate surface area is 130 Å². The molecule has 2 N–H and O–H groups in total. The lowest BCUT2D eigenvalue weighted by Gasteiger charge is -2.12. The van der Waals surface area contributed by atoms with Crippen LogP contribution in [0.1, 0.15) is 18.2 Å². The van der Waals surface area contributed by atoms with Gasteiger partial charge in [0.05, 0.1) is 18.5 Å². The van der Waals surface area contributed by atoms with Gasteiger partial charge in [0.15, 0.2) is 5.11 Å². The third-order valence-corrected chi connectivity index (χ3v) is 3.41. The van der Waals surface area contributed by atoms with E-state index in [2.05, 4.69) is 22.7 Å². The van der Waals surface area contributed by atoms with Gasteiger partial charge >= 0.3 is 0 Å². The lowest BCUT2D eigenvalue weighted by atomic mass is 10.2. The fourth-order valence-electron chi connectivity index (χ4n) is 1.98. The van der Waals surface area contributed by atoms with Gasteiger partial charge in [-0.1, -0.05) is 12.1 Å². The Hall–Kier alpha value is -2.08. The second kappa shape index (κ2) is 7.08. The number of para-hydroxylation sites is 2. The highest BCUT2D eigenvalue weighted by molar-refractivity contribution is 7.80. The normalized spacial score (nSPS) is 10.2. The molecule has 0 fully saturated rings. The summed E-state index contributed by atoms with van der Waals surface area (Å²) in [6.45, 7) is 5.58. The lowest BCUT2D eigenvalue weighted by Crippen LogP contribution is -2.28. The number of aryl methyl sites for hydroxylation is 2. The standard InChI is InChI=1S/C15H20N4OS/c1-4-19-10-12(11(2)18-19)9-16-15(21)17-13-7-5-6-8-14(13)20-3/h5-8,10H,4,9H2,1-3H3,(H2,16,17,21). The van der Waals surface area contributed by atoms with Gasteiger partial charge in [0.2, 0.25) is 0 Å². The zero-order chi connectivity index (χ0) is 15.2. The van der Waals surface area contributed by atoms with Crippen LogP contribution in [0, 0.1) is 6.92 Å². The van der Waals surface area contributed by atoms with E-state index in [1.54, 1.807) is 7.11 Å². The van der Waals surface area contributed by atoms with Gasteiger partial charge in [-0.25, -0.2) is 0 Å². The number of rotatable bonds is 5. The minimum absolute atomic E-state index is 0.558. The van der Waals surface area contributed by atoms with Gasteiger partial charge in [-0.2, -0.15) is 5.10 Å². The van der Waals surface area contributed by atoms with Crippen LogP contribution in [0.25, 0.3) is 0 Å². The van der Waals surface area contributed by atoms with Crippen molar-refractivity contribution in [3.05, 3.63) is 41.7 Å². The second-order valence-corrected chi connectivity index (χ2v) is 5.01. The van der Waals surface area contributed by atoms with E-state index in [1.807, 2.05) is 42.1 Å². The highest BCUT2D eigenvalue weighted by atomic mass is 32.1. The summed E-state index contributed by atoms with van der Waals surface area (Å²) in [7, 11) is 1.64. The highest BCUT2D eigenvalue weighted by Gasteiger charge is 2.06. The SMILES string of the molecule is CCn1cc(CNC(=S)Nc2ccccc2OC)c(C)n1. The molecule has 0 aliphatic rings. The van der Waals surface area contributed by atoms with Crippen molar-refractivity contribution in [2.24, 2.45) is 0 Å². The third-order valence-electron chi connectivity index (χ3n) is 3.17. The predicted molar refractivity (Wildman–Crippen MR) is 88.7 cm³/mol. The van der Waals surface area contributed by atoms with E-state index in [9.17, 15) is 0 Å². The zero-order valence-electron chi connectivity index (χ0n) is 12.5. The summed E-state index contributed by atoms with van der Waals surface area (Å²) in [4.78, 5) is 0. The molecule has 0 unspecified atom stereocenters. The summed E-state index contributed by atoms with van der Waals surface area (Å²) in [6, 6.07) is 7.67. The van der Waals surface area contributed by atoms with Crippen LogP contribution in [-0.4, -0.2) is 22.0 Å². The maximum absolute atomic E-state index is 5.32. The molecule has 112 valence electrons. The molecule has 2 rings (SSSR count). The topological polar surface area (TPSA) is 51.1 Å². The number of aromatic nitrogens is 2. The molecule has 0 bridgehead atoms. The van der Waals surface area contributed by atoms with Gasteiger partial charge in [0, 0.05) is 24.8 Å². The number of hydrogen-bond donors (Lipinski definition) is 2. The van der Waals surface area contributed by atoms with Crippen LogP contribution in [0.5, 0.6) is 5.75 Å². The molecule has 1 aromatic carbocycles. The number of methoxy groups -OCH3 is 1. The Bertz CT molecular complexity index is 624. The van der Waals surface area contributed by atoms with E-state index in [4.69, 9.17) is 17.0 Å². The van der Waals surface area contributed by atoms with Crippen molar-refractivity contribution in [3.63, 3.8) is 0 Å². The molecule has 0 aliphatic carbocycles. The molecule has 6 heteroatoms. The number of nitrogens with zero attached hydrogens (tertiary/aromatic N) is 2. The van der Waals surface area contributed by atoms with Crippen molar-refractivity contribution in [2.75, 3.05) is 12.4 Å². The van der Waals surface area contributed by atoms with Gasteiger partial charge in [0.1, 0.15) is 5.75 Å². The molecule has 1 heterocycles. The zero-order valence-corrected chi connectivity index (χ0v) is 13.3. The van der Waals surface area contributed by atoms with Gasteiger partial charge in [-0.05, 0) is 38.2 Å². The maximum atomic E-state index is 5.32. The van der Waals surface area contributed by atoms with E-state index in [0.717, 1.165) is 29.2 Å². The monoisotopic (exact) mass is 304 g/mol. The summed E-state index contributed by atoms with van der Waals surface area (Å²) >= 11 is 5.32. The molecule has 21 heavy (non-hydrogen) atoms. The van der Waals surface area contributed by atoms with E-state index < -0.39 is 0 Å². The smallest absolute Gasteiger partial charge is 0.171 e. The second-order valence-electron chi connectivity index (χ2n) is 4.60. The molecular weight excluding hydrogens is 284 g/mol. The first-order valence-electron chi connectivity index (χ1n) is 6.84. The van der Waals surface area contributed by atoms with Gasteiger partial charge < -0.3 is 15.4 Å². The average molecular weight is 304 g/mol. The molecule has 0 atom stereocenters. The van der Waals surface area contributed by atoms with Crippen LogP contribution in [0.2, 0.25) is 0 Å². The Morgan fingerprint density at radius 2 is 2.14 bits per heavy atom.